The van der Waals surface area contributed by atoms with Gasteiger partial charge in [-0.3, -0.25) is 14.9 Å². The molecule has 3 rings (SSSR count). The van der Waals surface area contributed by atoms with Gasteiger partial charge in [0.25, 0.3) is 5.69 Å². The highest BCUT2D eigenvalue weighted by Crippen LogP contribution is 2.35. The van der Waals surface area contributed by atoms with Gasteiger partial charge in [-0.15, -0.1) is 0 Å². The maximum Gasteiger partial charge on any atom is 0.274 e. The average molecular weight is 291 g/mol. The number of benzene rings is 1. The van der Waals surface area contributed by atoms with Crippen LogP contribution in [0.25, 0.3) is 0 Å². The smallest absolute Gasteiger partial charge is 0.274 e. The molecule has 1 aromatic carbocycles. The monoisotopic (exact) mass is 291 g/mol. The van der Waals surface area contributed by atoms with E-state index in [9.17, 15) is 14.9 Å². The van der Waals surface area contributed by atoms with Crippen LogP contribution in [0.4, 0.5) is 11.4 Å². The lowest BCUT2D eigenvalue weighted by Crippen LogP contribution is -2.45. The minimum absolute atomic E-state index is 0.0164. The van der Waals surface area contributed by atoms with Gasteiger partial charge in [0.1, 0.15) is 0 Å². The van der Waals surface area contributed by atoms with Crippen molar-refractivity contribution in [2.75, 3.05) is 31.2 Å². The first kappa shape index (κ1) is 14.0. The third kappa shape index (κ3) is 2.74. The number of anilines is 1. The van der Waals surface area contributed by atoms with Crippen LogP contribution in [-0.4, -0.2) is 43.2 Å². The van der Waals surface area contributed by atoms with Crippen LogP contribution in [0.5, 0.6) is 0 Å². The minimum Gasteiger partial charge on any atom is -0.378 e. The van der Waals surface area contributed by atoms with E-state index in [1.54, 1.807) is 17.0 Å². The molecule has 2 aliphatic rings. The van der Waals surface area contributed by atoms with E-state index in [2.05, 4.69) is 5.32 Å². The van der Waals surface area contributed by atoms with E-state index in [0.717, 1.165) is 6.54 Å². The van der Waals surface area contributed by atoms with Crippen molar-refractivity contribution in [3.05, 3.63) is 33.9 Å². The standard InChI is InChI=1S/C14H17N3O4/c18-14(8-10-9-21-7-5-15-10)16-6-4-11-12(16)2-1-3-13(11)17(19)20/h1-3,10,15H,4-9H2. The molecule has 0 spiro atoms. The van der Waals surface area contributed by atoms with Gasteiger partial charge >= 0.3 is 0 Å². The highest BCUT2D eigenvalue weighted by molar-refractivity contribution is 5.96. The quantitative estimate of drug-likeness (QED) is 0.659. The SMILES string of the molecule is O=C(CC1COCCN1)N1CCc2c1cccc2[N+](=O)[O-]. The second-order valence-corrected chi connectivity index (χ2v) is 5.26. The van der Waals surface area contributed by atoms with Crippen molar-refractivity contribution < 1.29 is 14.5 Å². The first-order valence-electron chi connectivity index (χ1n) is 7.04. The summed E-state index contributed by atoms with van der Waals surface area (Å²) in [4.78, 5) is 24.7. The van der Waals surface area contributed by atoms with Crippen molar-refractivity contribution in [2.45, 2.75) is 18.9 Å². The average Bonchev–Trinajstić information content (AvgIpc) is 2.92. The molecule has 0 saturated carbocycles. The third-order valence-corrected chi connectivity index (χ3v) is 3.92. The molecule has 0 radical (unpaired) electrons. The fourth-order valence-electron chi connectivity index (χ4n) is 2.92. The molecule has 21 heavy (non-hydrogen) atoms. The Morgan fingerprint density at radius 1 is 1.52 bits per heavy atom. The van der Waals surface area contributed by atoms with Gasteiger partial charge < -0.3 is 15.0 Å². The Bertz CT molecular complexity index is 569. The largest absolute Gasteiger partial charge is 0.378 e. The Kier molecular flexibility index (Phi) is 3.85. The molecule has 1 unspecified atom stereocenters. The van der Waals surface area contributed by atoms with E-state index in [0.29, 0.717) is 43.9 Å². The van der Waals surface area contributed by atoms with Crippen LogP contribution in [0.15, 0.2) is 18.2 Å². The number of nitrogens with zero attached hydrogens (tertiary/aromatic N) is 2. The van der Waals surface area contributed by atoms with Crippen LogP contribution >= 0.6 is 0 Å². The first-order valence-corrected chi connectivity index (χ1v) is 7.04. The van der Waals surface area contributed by atoms with Gasteiger partial charge in [0.15, 0.2) is 0 Å². The van der Waals surface area contributed by atoms with Crippen LogP contribution < -0.4 is 10.2 Å². The molecular weight excluding hydrogens is 274 g/mol. The zero-order chi connectivity index (χ0) is 14.8. The van der Waals surface area contributed by atoms with Crippen molar-refractivity contribution in [3.63, 3.8) is 0 Å². The van der Waals surface area contributed by atoms with Gasteiger partial charge in [0.05, 0.1) is 29.4 Å². The summed E-state index contributed by atoms with van der Waals surface area (Å²) >= 11 is 0. The molecule has 7 nitrogen and oxygen atoms in total. The molecule has 1 N–H and O–H groups in total. The van der Waals surface area contributed by atoms with E-state index >= 15 is 0 Å². The Hall–Kier alpha value is -1.99. The van der Waals surface area contributed by atoms with Crippen molar-refractivity contribution in [1.82, 2.24) is 5.32 Å². The maximum atomic E-state index is 12.4. The molecule has 7 heteroatoms. The molecule has 112 valence electrons. The summed E-state index contributed by atoms with van der Waals surface area (Å²) in [5.41, 5.74) is 1.43. The third-order valence-electron chi connectivity index (χ3n) is 3.92. The molecule has 0 bridgehead atoms. The van der Waals surface area contributed by atoms with E-state index in [1.807, 2.05) is 0 Å². The normalized spacial score (nSPS) is 21.1. The van der Waals surface area contributed by atoms with Gasteiger partial charge in [-0.2, -0.15) is 0 Å². The lowest BCUT2D eigenvalue weighted by molar-refractivity contribution is -0.385. The molecule has 0 aromatic heterocycles. The number of carbonyl (C=O) groups is 1. The van der Waals surface area contributed by atoms with Crippen molar-refractivity contribution >= 4 is 17.3 Å². The second kappa shape index (κ2) is 5.79. The zero-order valence-corrected chi connectivity index (χ0v) is 11.6. The van der Waals surface area contributed by atoms with E-state index in [1.165, 1.54) is 6.07 Å². The zero-order valence-electron chi connectivity index (χ0n) is 11.6. The molecule has 1 aromatic rings. The number of fused-ring (bicyclic) bond motifs is 1. The number of hydrogen-bond donors (Lipinski definition) is 1. The maximum absolute atomic E-state index is 12.4. The summed E-state index contributed by atoms with van der Waals surface area (Å²) in [7, 11) is 0. The second-order valence-electron chi connectivity index (χ2n) is 5.26. The number of hydrogen-bond acceptors (Lipinski definition) is 5. The predicted octanol–water partition coefficient (Wildman–Crippen LogP) is 0.862. The number of amides is 1. The number of nitro groups is 1. The van der Waals surface area contributed by atoms with Gasteiger partial charge in [0, 0.05) is 31.6 Å². The number of ether oxygens (including phenoxy) is 1. The number of morpholine rings is 1. The van der Waals surface area contributed by atoms with Crippen molar-refractivity contribution in [2.24, 2.45) is 0 Å². The molecular formula is C14H17N3O4. The number of carbonyl (C=O) groups excluding carboxylic acids is 1. The molecule has 1 atom stereocenters. The van der Waals surface area contributed by atoms with Gasteiger partial charge in [-0.05, 0) is 12.5 Å². The lowest BCUT2D eigenvalue weighted by atomic mass is 10.1. The highest BCUT2D eigenvalue weighted by atomic mass is 16.6. The molecule has 1 fully saturated rings. The van der Waals surface area contributed by atoms with Gasteiger partial charge in [0.2, 0.25) is 5.91 Å². The summed E-state index contributed by atoms with van der Waals surface area (Å²) in [5, 5.41) is 14.3. The molecule has 2 heterocycles. The first-order chi connectivity index (χ1) is 10.2. The van der Waals surface area contributed by atoms with Crippen molar-refractivity contribution in [3.8, 4) is 0 Å². The summed E-state index contributed by atoms with van der Waals surface area (Å²) in [6.07, 6.45) is 0.884. The van der Waals surface area contributed by atoms with Crippen LogP contribution in [0.1, 0.15) is 12.0 Å². The van der Waals surface area contributed by atoms with Crippen molar-refractivity contribution in [1.29, 1.82) is 0 Å². The summed E-state index contributed by atoms with van der Waals surface area (Å²) < 4.78 is 5.34. The van der Waals surface area contributed by atoms with Crippen LogP contribution in [-0.2, 0) is 16.0 Å². The Labute approximate surface area is 122 Å². The fourth-order valence-corrected chi connectivity index (χ4v) is 2.92. The lowest BCUT2D eigenvalue weighted by Gasteiger charge is -2.25. The van der Waals surface area contributed by atoms with Crippen LogP contribution in [0.3, 0.4) is 0 Å². The van der Waals surface area contributed by atoms with E-state index in [4.69, 9.17) is 4.74 Å². The summed E-state index contributed by atoms with van der Waals surface area (Å²) in [6.45, 7) is 2.46. The van der Waals surface area contributed by atoms with E-state index in [-0.39, 0.29) is 22.6 Å². The number of rotatable bonds is 3. The van der Waals surface area contributed by atoms with Gasteiger partial charge in [-0.25, -0.2) is 0 Å². The Balaban J connectivity index is 1.76. The Morgan fingerprint density at radius 3 is 3.10 bits per heavy atom. The fraction of sp³-hybridized carbons (Fsp3) is 0.500. The molecule has 2 aliphatic heterocycles. The summed E-state index contributed by atoms with van der Waals surface area (Å²) in [5.74, 6) is -0.0164. The highest BCUT2D eigenvalue weighted by Gasteiger charge is 2.31. The summed E-state index contributed by atoms with van der Waals surface area (Å²) in [6, 6.07) is 4.92. The minimum atomic E-state index is -0.386. The topological polar surface area (TPSA) is 84.7 Å². The molecule has 1 amide bonds. The van der Waals surface area contributed by atoms with E-state index < -0.39 is 0 Å². The molecule has 1 saturated heterocycles. The van der Waals surface area contributed by atoms with Crippen LogP contribution in [0, 0.1) is 10.1 Å². The number of nitrogens with one attached hydrogen (secondary N) is 1. The molecule has 0 aliphatic carbocycles. The van der Waals surface area contributed by atoms with Crippen LogP contribution in [0.2, 0.25) is 0 Å². The number of nitro benzene ring substituents is 1. The predicted molar refractivity (Wildman–Crippen MR) is 76.4 cm³/mol. The van der Waals surface area contributed by atoms with Gasteiger partial charge in [-0.1, -0.05) is 6.07 Å². The Morgan fingerprint density at radius 2 is 2.38 bits per heavy atom.